The smallest absolute Gasteiger partial charge is 0.433 e. The first-order valence-electron chi connectivity index (χ1n) is 5.12. The fourth-order valence-corrected chi connectivity index (χ4v) is 2.62. The highest BCUT2D eigenvalue weighted by Gasteiger charge is 2.34. The second kappa shape index (κ2) is 4.72. The van der Waals surface area contributed by atoms with Crippen LogP contribution in [0.5, 0.6) is 5.88 Å². The summed E-state index contributed by atoms with van der Waals surface area (Å²) >= 11 is 1.72. The van der Waals surface area contributed by atoms with Crippen molar-refractivity contribution >= 4 is 11.8 Å². The van der Waals surface area contributed by atoms with E-state index in [1.165, 1.54) is 6.92 Å². The maximum atomic E-state index is 12.5. The van der Waals surface area contributed by atoms with Crippen LogP contribution in [0, 0.1) is 6.92 Å². The van der Waals surface area contributed by atoms with E-state index in [-0.39, 0.29) is 17.8 Å². The van der Waals surface area contributed by atoms with Crippen molar-refractivity contribution in [3.63, 3.8) is 0 Å². The molecule has 3 nitrogen and oxygen atoms in total. The Morgan fingerprint density at radius 3 is 2.76 bits per heavy atom. The van der Waals surface area contributed by atoms with Crippen molar-refractivity contribution in [2.45, 2.75) is 25.6 Å². The molecular weight excluding hydrogens is 253 g/mol. The average molecular weight is 264 g/mol. The molecule has 1 aliphatic rings. The molecule has 0 saturated carbocycles. The van der Waals surface area contributed by atoms with Gasteiger partial charge in [0, 0.05) is 11.8 Å². The van der Waals surface area contributed by atoms with Gasteiger partial charge < -0.3 is 4.74 Å². The molecule has 17 heavy (non-hydrogen) atoms. The first kappa shape index (κ1) is 12.5. The number of ether oxygens (including phenoxy) is 1. The van der Waals surface area contributed by atoms with E-state index in [0.717, 1.165) is 24.0 Å². The molecule has 1 aromatic heterocycles. The number of aromatic nitrogens is 2. The number of halogens is 3. The van der Waals surface area contributed by atoms with E-state index < -0.39 is 11.9 Å². The first-order valence-corrected chi connectivity index (χ1v) is 6.28. The summed E-state index contributed by atoms with van der Waals surface area (Å²) in [5, 5.41) is 0. The van der Waals surface area contributed by atoms with E-state index in [4.69, 9.17) is 4.74 Å². The van der Waals surface area contributed by atoms with Crippen LogP contribution < -0.4 is 4.74 Å². The van der Waals surface area contributed by atoms with Gasteiger partial charge in [0.1, 0.15) is 11.9 Å². The third-order valence-electron chi connectivity index (χ3n) is 2.28. The zero-order valence-electron chi connectivity index (χ0n) is 9.12. The highest BCUT2D eigenvalue weighted by molar-refractivity contribution is 7.99. The number of nitrogens with zero attached hydrogens (tertiary/aromatic N) is 2. The van der Waals surface area contributed by atoms with E-state index in [0.29, 0.717) is 0 Å². The summed E-state index contributed by atoms with van der Waals surface area (Å²) in [4.78, 5) is 7.23. The Morgan fingerprint density at radius 1 is 1.41 bits per heavy atom. The molecule has 0 N–H and O–H groups in total. The predicted molar refractivity (Wildman–Crippen MR) is 58.1 cm³/mol. The van der Waals surface area contributed by atoms with Crippen LogP contribution in [0.1, 0.15) is 17.9 Å². The van der Waals surface area contributed by atoms with Crippen LogP contribution >= 0.6 is 11.8 Å². The lowest BCUT2D eigenvalue weighted by molar-refractivity contribution is -0.141. The van der Waals surface area contributed by atoms with Crippen LogP contribution in [-0.4, -0.2) is 27.6 Å². The zero-order chi connectivity index (χ0) is 12.5. The molecule has 7 heteroatoms. The summed E-state index contributed by atoms with van der Waals surface area (Å²) < 4.78 is 43.0. The quantitative estimate of drug-likeness (QED) is 0.822. The number of aryl methyl sites for hydroxylation is 1. The fourth-order valence-electron chi connectivity index (χ4n) is 1.52. The summed E-state index contributed by atoms with van der Waals surface area (Å²) in [5.41, 5.74) is -0.953. The molecule has 1 aromatic rings. The molecule has 0 aliphatic carbocycles. The van der Waals surface area contributed by atoms with Crippen molar-refractivity contribution in [2.24, 2.45) is 0 Å². The van der Waals surface area contributed by atoms with Gasteiger partial charge in [-0.1, -0.05) is 0 Å². The van der Waals surface area contributed by atoms with Gasteiger partial charge in [-0.15, -0.1) is 0 Å². The van der Waals surface area contributed by atoms with E-state index in [1.54, 1.807) is 11.8 Å². The zero-order valence-corrected chi connectivity index (χ0v) is 9.94. The number of thioether (sulfide) groups is 1. The SMILES string of the molecule is Cc1nc(OC2CCSC2)cc(C(F)(F)F)n1. The van der Waals surface area contributed by atoms with Gasteiger partial charge >= 0.3 is 6.18 Å². The molecular formula is C10H11F3N2OS. The summed E-state index contributed by atoms with van der Waals surface area (Å²) in [7, 11) is 0. The molecule has 1 atom stereocenters. The molecule has 1 fully saturated rings. The molecule has 0 aromatic carbocycles. The summed E-state index contributed by atoms with van der Waals surface area (Å²) in [6.45, 7) is 1.42. The van der Waals surface area contributed by atoms with Gasteiger partial charge in [0.25, 0.3) is 0 Å². The Morgan fingerprint density at radius 2 is 2.18 bits per heavy atom. The van der Waals surface area contributed by atoms with Crippen molar-refractivity contribution in [1.82, 2.24) is 9.97 Å². The largest absolute Gasteiger partial charge is 0.473 e. The van der Waals surface area contributed by atoms with E-state index in [9.17, 15) is 13.2 Å². The minimum absolute atomic E-state index is 0.0114. The van der Waals surface area contributed by atoms with Crippen molar-refractivity contribution < 1.29 is 17.9 Å². The lowest BCUT2D eigenvalue weighted by atomic mass is 10.3. The molecule has 1 unspecified atom stereocenters. The first-order chi connectivity index (χ1) is 7.95. The number of rotatable bonds is 2. The second-order valence-electron chi connectivity index (χ2n) is 3.74. The summed E-state index contributed by atoms with van der Waals surface area (Å²) in [5.74, 6) is 1.85. The maximum absolute atomic E-state index is 12.5. The molecule has 94 valence electrons. The third kappa shape index (κ3) is 3.24. The van der Waals surface area contributed by atoms with Crippen LogP contribution in [0.15, 0.2) is 6.07 Å². The van der Waals surface area contributed by atoms with E-state index in [1.807, 2.05) is 0 Å². The predicted octanol–water partition coefficient (Wildman–Crippen LogP) is 2.69. The summed E-state index contributed by atoms with van der Waals surface area (Å²) in [6.07, 6.45) is -3.67. The lowest BCUT2D eigenvalue weighted by Gasteiger charge is -2.13. The van der Waals surface area contributed by atoms with Gasteiger partial charge in [-0.3, -0.25) is 0 Å². The van der Waals surface area contributed by atoms with Crippen LogP contribution in [0.25, 0.3) is 0 Å². The molecule has 1 saturated heterocycles. The lowest BCUT2D eigenvalue weighted by Crippen LogP contribution is -2.17. The van der Waals surface area contributed by atoms with Gasteiger partial charge in [0.05, 0.1) is 0 Å². The Hall–Kier alpha value is -0.980. The van der Waals surface area contributed by atoms with Crippen molar-refractivity contribution in [3.8, 4) is 5.88 Å². The highest BCUT2D eigenvalue weighted by Crippen LogP contribution is 2.30. The number of alkyl halides is 3. The molecule has 1 aliphatic heterocycles. The topological polar surface area (TPSA) is 35.0 Å². The minimum atomic E-state index is -4.46. The molecule has 0 spiro atoms. The van der Waals surface area contributed by atoms with Crippen molar-refractivity contribution in [2.75, 3.05) is 11.5 Å². The van der Waals surface area contributed by atoms with Crippen LogP contribution in [0.4, 0.5) is 13.2 Å². The highest BCUT2D eigenvalue weighted by atomic mass is 32.2. The second-order valence-corrected chi connectivity index (χ2v) is 4.89. The Labute approximate surface area is 101 Å². The standard InChI is InChI=1S/C10H11F3N2OS/c1-6-14-8(10(11,12)13)4-9(15-6)16-7-2-3-17-5-7/h4,7H,2-3,5H2,1H3. The van der Waals surface area contributed by atoms with Crippen molar-refractivity contribution in [3.05, 3.63) is 17.6 Å². The van der Waals surface area contributed by atoms with Crippen molar-refractivity contribution in [1.29, 1.82) is 0 Å². The van der Waals surface area contributed by atoms with Crippen LogP contribution in [-0.2, 0) is 6.18 Å². The Bertz CT molecular complexity index is 405. The normalized spacial score (nSPS) is 20.6. The van der Waals surface area contributed by atoms with Gasteiger partial charge in [-0.05, 0) is 19.1 Å². The third-order valence-corrected chi connectivity index (χ3v) is 3.41. The van der Waals surface area contributed by atoms with E-state index >= 15 is 0 Å². The van der Waals surface area contributed by atoms with E-state index in [2.05, 4.69) is 9.97 Å². The minimum Gasteiger partial charge on any atom is -0.473 e. The molecule has 0 amide bonds. The van der Waals surface area contributed by atoms with Crippen LogP contribution in [0.3, 0.4) is 0 Å². The van der Waals surface area contributed by atoms with Crippen LogP contribution in [0.2, 0.25) is 0 Å². The monoisotopic (exact) mass is 264 g/mol. The molecule has 0 bridgehead atoms. The average Bonchev–Trinajstić information content (AvgIpc) is 2.68. The number of hydrogen-bond donors (Lipinski definition) is 0. The van der Waals surface area contributed by atoms with Gasteiger partial charge in [0.2, 0.25) is 5.88 Å². The Balaban J connectivity index is 2.19. The van der Waals surface area contributed by atoms with Gasteiger partial charge in [-0.25, -0.2) is 4.98 Å². The van der Waals surface area contributed by atoms with Gasteiger partial charge in [-0.2, -0.15) is 29.9 Å². The maximum Gasteiger partial charge on any atom is 0.433 e. The molecule has 0 radical (unpaired) electrons. The summed E-state index contributed by atoms with van der Waals surface area (Å²) in [6, 6.07) is 0.857. The molecule has 2 rings (SSSR count). The fraction of sp³-hybridized carbons (Fsp3) is 0.600. The number of hydrogen-bond acceptors (Lipinski definition) is 4. The molecule has 2 heterocycles. The van der Waals surface area contributed by atoms with Gasteiger partial charge in [0.15, 0.2) is 5.69 Å². The Kier molecular flexibility index (Phi) is 3.46.